The average Bonchev–Trinajstić information content (AvgIpc) is 3.30. The third kappa shape index (κ3) is 4.92. The van der Waals surface area contributed by atoms with Crippen LogP contribution in [-0.2, 0) is 11.3 Å². The third-order valence-electron chi connectivity index (χ3n) is 5.64. The van der Waals surface area contributed by atoms with Crippen LogP contribution in [0.3, 0.4) is 0 Å². The van der Waals surface area contributed by atoms with Crippen molar-refractivity contribution in [2.45, 2.75) is 6.61 Å². The summed E-state index contributed by atoms with van der Waals surface area (Å²) in [5, 5.41) is 6.03. The second kappa shape index (κ2) is 10.1. The number of H-pyrrole nitrogens is 1. The number of rotatable bonds is 7. The number of aromatic amines is 1. The molecule has 3 aromatic carbocycles. The highest BCUT2D eigenvalue weighted by atomic mass is 16.5. The molecule has 2 heterocycles. The van der Waals surface area contributed by atoms with E-state index in [-0.39, 0.29) is 11.7 Å². The van der Waals surface area contributed by atoms with Crippen LogP contribution in [0.4, 0.5) is 0 Å². The molecule has 0 radical (unpaired) electrons. The summed E-state index contributed by atoms with van der Waals surface area (Å²) in [4.78, 5) is 31.7. The number of carbonyl (C=O) groups excluding carboxylic acids is 2. The number of methoxy groups -OCH3 is 1. The molecule has 0 aliphatic carbocycles. The maximum atomic E-state index is 12.6. The average molecular weight is 479 g/mol. The number of aromatic nitrogens is 2. The number of nitrogens with one attached hydrogen (secondary N) is 2. The van der Waals surface area contributed by atoms with E-state index in [0.29, 0.717) is 17.9 Å². The molecule has 0 fully saturated rings. The van der Waals surface area contributed by atoms with Crippen molar-refractivity contribution < 1.29 is 19.1 Å². The van der Waals surface area contributed by atoms with Gasteiger partial charge in [-0.15, -0.1) is 0 Å². The number of amides is 1. The first-order valence-electron chi connectivity index (χ1n) is 11.2. The van der Waals surface area contributed by atoms with Crippen molar-refractivity contribution in [3.05, 3.63) is 107 Å². The van der Waals surface area contributed by atoms with Crippen LogP contribution in [-0.4, -0.2) is 35.2 Å². The Labute approximate surface area is 206 Å². The zero-order valence-corrected chi connectivity index (χ0v) is 19.4. The molecule has 8 heteroatoms. The van der Waals surface area contributed by atoms with Gasteiger partial charge in [-0.05, 0) is 47.5 Å². The normalized spacial score (nSPS) is 11.1. The van der Waals surface area contributed by atoms with Gasteiger partial charge in [0.25, 0.3) is 5.91 Å². The first-order valence-corrected chi connectivity index (χ1v) is 11.2. The number of hydrogen-bond donors (Lipinski definition) is 2. The number of benzene rings is 3. The van der Waals surface area contributed by atoms with Gasteiger partial charge in [0.1, 0.15) is 18.1 Å². The molecular formula is C28H22N4O4. The Morgan fingerprint density at radius 2 is 1.81 bits per heavy atom. The highest BCUT2D eigenvalue weighted by molar-refractivity contribution is 6.09. The summed E-state index contributed by atoms with van der Waals surface area (Å²) < 4.78 is 10.6. The standard InChI is InChI=1S/C28H22N4O4/c1-35-28(34)20-11-9-18(10-12-20)17-36-21-6-4-5-19(13-21)15-30-32-27(33)25-14-23-22-7-2-3-8-24(22)31-26(23)16-29-25/h2-16,31H,17H2,1H3,(H,32,33)/b30-15+. The molecule has 0 bridgehead atoms. The molecular weight excluding hydrogens is 456 g/mol. The van der Waals surface area contributed by atoms with Gasteiger partial charge in [-0.2, -0.15) is 5.10 Å². The highest BCUT2D eigenvalue weighted by Crippen LogP contribution is 2.25. The lowest BCUT2D eigenvalue weighted by Crippen LogP contribution is -2.18. The summed E-state index contributed by atoms with van der Waals surface area (Å²) in [7, 11) is 1.35. The van der Waals surface area contributed by atoms with Crippen molar-refractivity contribution >= 4 is 39.9 Å². The van der Waals surface area contributed by atoms with Crippen LogP contribution in [0.2, 0.25) is 0 Å². The van der Waals surface area contributed by atoms with Crippen LogP contribution < -0.4 is 10.2 Å². The number of nitrogens with zero attached hydrogens (tertiary/aromatic N) is 2. The van der Waals surface area contributed by atoms with E-state index in [0.717, 1.165) is 32.9 Å². The van der Waals surface area contributed by atoms with Crippen LogP contribution in [0.25, 0.3) is 21.8 Å². The van der Waals surface area contributed by atoms with Crippen LogP contribution in [0.1, 0.15) is 32.0 Å². The molecule has 0 saturated heterocycles. The summed E-state index contributed by atoms with van der Waals surface area (Å²) in [6.45, 7) is 0.334. The Kier molecular flexibility index (Phi) is 6.40. The SMILES string of the molecule is COC(=O)c1ccc(COc2cccc(/C=N/NC(=O)c3cc4c(cn3)[nH]c3ccccc34)c2)cc1. The van der Waals surface area contributed by atoms with E-state index in [1.54, 1.807) is 30.6 Å². The molecule has 0 saturated carbocycles. The Bertz CT molecular complexity index is 1590. The van der Waals surface area contributed by atoms with E-state index >= 15 is 0 Å². The van der Waals surface area contributed by atoms with Crippen LogP contribution >= 0.6 is 0 Å². The van der Waals surface area contributed by atoms with Gasteiger partial charge in [0.15, 0.2) is 0 Å². The van der Waals surface area contributed by atoms with Gasteiger partial charge < -0.3 is 14.5 Å². The molecule has 2 aromatic heterocycles. The first kappa shape index (κ1) is 22.8. The van der Waals surface area contributed by atoms with Crippen LogP contribution in [0, 0.1) is 0 Å². The topological polar surface area (TPSA) is 106 Å². The Morgan fingerprint density at radius 3 is 2.64 bits per heavy atom. The molecule has 0 spiro atoms. The minimum atomic E-state index is -0.402. The molecule has 0 aliphatic heterocycles. The molecule has 2 N–H and O–H groups in total. The van der Waals surface area contributed by atoms with Gasteiger partial charge in [-0.25, -0.2) is 15.2 Å². The summed E-state index contributed by atoms with van der Waals surface area (Å²) in [6, 6.07) is 24.0. The van der Waals surface area contributed by atoms with Gasteiger partial charge in [0.05, 0.1) is 30.6 Å². The molecule has 5 aromatic rings. The number of carbonyl (C=O) groups is 2. The number of fused-ring (bicyclic) bond motifs is 3. The minimum Gasteiger partial charge on any atom is -0.489 e. The van der Waals surface area contributed by atoms with Crippen molar-refractivity contribution in [1.29, 1.82) is 0 Å². The largest absolute Gasteiger partial charge is 0.489 e. The maximum absolute atomic E-state index is 12.6. The summed E-state index contributed by atoms with van der Waals surface area (Å²) in [5.74, 6) is -0.133. The second-order valence-corrected chi connectivity index (χ2v) is 8.03. The lowest BCUT2D eigenvalue weighted by atomic mass is 10.1. The first-order chi connectivity index (χ1) is 17.6. The molecule has 5 rings (SSSR count). The van der Waals surface area contributed by atoms with E-state index in [9.17, 15) is 9.59 Å². The molecule has 36 heavy (non-hydrogen) atoms. The van der Waals surface area contributed by atoms with Crippen molar-refractivity contribution in [3.8, 4) is 5.75 Å². The minimum absolute atomic E-state index is 0.278. The van der Waals surface area contributed by atoms with Crippen molar-refractivity contribution in [1.82, 2.24) is 15.4 Å². The Balaban J connectivity index is 1.21. The number of pyridine rings is 1. The van der Waals surface area contributed by atoms with E-state index in [4.69, 9.17) is 9.47 Å². The molecule has 0 aliphatic rings. The monoisotopic (exact) mass is 478 g/mol. The predicted molar refractivity (Wildman–Crippen MR) is 137 cm³/mol. The van der Waals surface area contributed by atoms with Crippen LogP contribution in [0.15, 0.2) is 90.2 Å². The summed E-state index contributed by atoms with van der Waals surface area (Å²) in [5.41, 5.74) is 6.82. The van der Waals surface area contributed by atoms with Gasteiger partial charge in [-0.3, -0.25) is 4.79 Å². The molecule has 0 unspecified atom stereocenters. The quantitative estimate of drug-likeness (QED) is 0.198. The van der Waals surface area contributed by atoms with Gasteiger partial charge in [-0.1, -0.05) is 42.5 Å². The lowest BCUT2D eigenvalue weighted by molar-refractivity contribution is 0.0600. The van der Waals surface area contributed by atoms with Gasteiger partial charge in [0, 0.05) is 16.3 Å². The third-order valence-corrected chi connectivity index (χ3v) is 5.64. The molecule has 0 atom stereocenters. The maximum Gasteiger partial charge on any atom is 0.337 e. The second-order valence-electron chi connectivity index (χ2n) is 8.03. The predicted octanol–water partition coefficient (Wildman–Crippen LogP) is 4.85. The number of hydrazone groups is 1. The van der Waals surface area contributed by atoms with Crippen molar-refractivity contribution in [2.24, 2.45) is 5.10 Å². The number of para-hydroxylation sites is 1. The number of ether oxygens (including phenoxy) is 2. The smallest absolute Gasteiger partial charge is 0.337 e. The van der Waals surface area contributed by atoms with E-state index in [2.05, 4.69) is 20.5 Å². The van der Waals surface area contributed by atoms with Crippen molar-refractivity contribution in [2.75, 3.05) is 7.11 Å². The van der Waals surface area contributed by atoms with E-state index < -0.39 is 5.91 Å². The van der Waals surface area contributed by atoms with Gasteiger partial charge >= 0.3 is 5.97 Å². The lowest BCUT2D eigenvalue weighted by Gasteiger charge is -2.07. The molecule has 1 amide bonds. The Morgan fingerprint density at radius 1 is 0.972 bits per heavy atom. The zero-order chi connectivity index (χ0) is 24.9. The van der Waals surface area contributed by atoms with E-state index in [1.807, 2.05) is 60.7 Å². The fourth-order valence-corrected chi connectivity index (χ4v) is 3.80. The molecule has 178 valence electrons. The summed E-state index contributed by atoms with van der Waals surface area (Å²) in [6.07, 6.45) is 3.19. The van der Waals surface area contributed by atoms with E-state index in [1.165, 1.54) is 7.11 Å². The fraction of sp³-hybridized carbons (Fsp3) is 0.0714. The zero-order valence-electron chi connectivity index (χ0n) is 19.4. The summed E-state index contributed by atoms with van der Waals surface area (Å²) >= 11 is 0. The fourth-order valence-electron chi connectivity index (χ4n) is 3.80. The Hall–Kier alpha value is -4.98. The number of esters is 1. The van der Waals surface area contributed by atoms with Crippen LogP contribution in [0.5, 0.6) is 5.75 Å². The molecule has 8 nitrogen and oxygen atoms in total. The number of hydrogen-bond acceptors (Lipinski definition) is 6. The van der Waals surface area contributed by atoms with Crippen molar-refractivity contribution in [3.63, 3.8) is 0 Å². The van der Waals surface area contributed by atoms with Gasteiger partial charge in [0.2, 0.25) is 0 Å². The highest BCUT2D eigenvalue weighted by Gasteiger charge is 2.10.